The van der Waals surface area contributed by atoms with Crippen molar-refractivity contribution in [1.82, 2.24) is 0 Å². The summed E-state index contributed by atoms with van der Waals surface area (Å²) in [7, 11) is 0. The topological polar surface area (TPSA) is 0 Å². The van der Waals surface area contributed by atoms with Crippen LogP contribution in [0, 0.1) is 11.3 Å². The summed E-state index contributed by atoms with van der Waals surface area (Å²) < 4.78 is 47.4. The number of halogens is 4. The Morgan fingerprint density at radius 2 is 2.00 bits per heavy atom. The first kappa shape index (κ1) is 7.82. The van der Waals surface area contributed by atoms with Crippen LogP contribution in [-0.4, -0.2) is 12.9 Å². The van der Waals surface area contributed by atoms with E-state index in [4.69, 9.17) is 0 Å². The van der Waals surface area contributed by atoms with E-state index in [2.05, 4.69) is 0 Å². The summed E-state index contributed by atoms with van der Waals surface area (Å²) in [6.07, 6.45) is -4.27. The molecule has 10 heavy (non-hydrogen) atoms. The fourth-order valence-corrected chi connectivity index (χ4v) is 1.02. The molecule has 4 heteroatoms. The van der Waals surface area contributed by atoms with Crippen LogP contribution in [0.15, 0.2) is 0 Å². The van der Waals surface area contributed by atoms with Crippen LogP contribution >= 0.6 is 0 Å². The van der Waals surface area contributed by atoms with Gasteiger partial charge in [-0.15, -0.1) is 0 Å². The summed E-state index contributed by atoms with van der Waals surface area (Å²) in [5.41, 5.74) is -1.72. The second-order valence-corrected chi connectivity index (χ2v) is 2.97. The van der Waals surface area contributed by atoms with Crippen LogP contribution in [0.2, 0.25) is 0 Å². The van der Waals surface area contributed by atoms with E-state index in [9.17, 15) is 17.6 Å². The van der Waals surface area contributed by atoms with Gasteiger partial charge in [-0.05, 0) is 6.42 Å². The van der Waals surface area contributed by atoms with Crippen molar-refractivity contribution in [3.63, 3.8) is 0 Å². The van der Waals surface area contributed by atoms with Crippen LogP contribution in [0.4, 0.5) is 17.6 Å². The summed E-state index contributed by atoms with van der Waals surface area (Å²) in [5, 5.41) is 0. The molecule has 0 aromatic rings. The quantitative estimate of drug-likeness (QED) is 0.512. The molecule has 1 aliphatic carbocycles. The van der Waals surface area contributed by atoms with Crippen molar-refractivity contribution in [3.05, 3.63) is 0 Å². The van der Waals surface area contributed by atoms with Gasteiger partial charge >= 0.3 is 6.18 Å². The molecule has 0 saturated heterocycles. The SMILES string of the molecule is CC1(C(F)(F)F)CC1CF. The molecular weight excluding hydrogens is 148 g/mol. The Hall–Kier alpha value is -0.280. The third-order valence-electron chi connectivity index (χ3n) is 2.25. The van der Waals surface area contributed by atoms with Crippen LogP contribution in [0.25, 0.3) is 0 Å². The van der Waals surface area contributed by atoms with Crippen molar-refractivity contribution < 1.29 is 17.6 Å². The highest BCUT2D eigenvalue weighted by molar-refractivity contribution is 5.03. The molecule has 0 heterocycles. The molecule has 0 nitrogen and oxygen atoms in total. The van der Waals surface area contributed by atoms with E-state index in [0.29, 0.717) is 0 Å². The van der Waals surface area contributed by atoms with E-state index in [1.54, 1.807) is 0 Å². The number of alkyl halides is 4. The van der Waals surface area contributed by atoms with Gasteiger partial charge in [-0.25, -0.2) is 0 Å². The lowest BCUT2D eigenvalue weighted by Crippen LogP contribution is -2.23. The second kappa shape index (κ2) is 1.86. The molecule has 1 rings (SSSR count). The summed E-state index contributed by atoms with van der Waals surface area (Å²) in [6, 6.07) is 0. The van der Waals surface area contributed by atoms with Crippen molar-refractivity contribution >= 4 is 0 Å². The largest absolute Gasteiger partial charge is 0.394 e. The van der Waals surface area contributed by atoms with Gasteiger partial charge in [0.05, 0.1) is 12.1 Å². The Kier molecular flexibility index (Phi) is 1.45. The summed E-state index contributed by atoms with van der Waals surface area (Å²) >= 11 is 0. The van der Waals surface area contributed by atoms with E-state index < -0.39 is 24.2 Å². The van der Waals surface area contributed by atoms with Crippen LogP contribution < -0.4 is 0 Å². The highest BCUT2D eigenvalue weighted by Crippen LogP contribution is 2.62. The summed E-state index contributed by atoms with van der Waals surface area (Å²) in [6.45, 7) is 0.216. The van der Waals surface area contributed by atoms with E-state index in [0.717, 1.165) is 6.92 Å². The Morgan fingerprint density at radius 1 is 1.50 bits per heavy atom. The minimum Gasteiger partial charge on any atom is -0.251 e. The first-order chi connectivity index (χ1) is 4.42. The average molecular weight is 156 g/mol. The predicted octanol–water partition coefficient (Wildman–Crippen LogP) is 2.54. The molecule has 0 aromatic heterocycles. The molecule has 1 fully saturated rings. The Balaban J connectivity index is 2.59. The van der Waals surface area contributed by atoms with Gasteiger partial charge < -0.3 is 0 Å². The van der Waals surface area contributed by atoms with E-state index in [1.807, 2.05) is 0 Å². The van der Waals surface area contributed by atoms with Crippen LogP contribution in [0.3, 0.4) is 0 Å². The molecule has 0 radical (unpaired) electrons. The zero-order valence-corrected chi connectivity index (χ0v) is 5.50. The van der Waals surface area contributed by atoms with E-state index >= 15 is 0 Å². The van der Waals surface area contributed by atoms with Gasteiger partial charge in [-0.3, -0.25) is 4.39 Å². The van der Waals surface area contributed by atoms with Crippen molar-refractivity contribution in [3.8, 4) is 0 Å². The first-order valence-electron chi connectivity index (χ1n) is 3.04. The van der Waals surface area contributed by atoms with Gasteiger partial charge in [0, 0.05) is 5.92 Å². The Labute approximate surface area is 56.2 Å². The molecule has 0 spiro atoms. The zero-order valence-electron chi connectivity index (χ0n) is 5.50. The molecule has 0 aliphatic heterocycles. The Bertz CT molecular complexity index is 139. The summed E-state index contributed by atoms with van der Waals surface area (Å²) in [5.74, 6) is -0.785. The van der Waals surface area contributed by atoms with Crippen molar-refractivity contribution in [2.45, 2.75) is 19.5 Å². The van der Waals surface area contributed by atoms with E-state index in [1.165, 1.54) is 0 Å². The lowest BCUT2D eigenvalue weighted by atomic mass is 10.1. The van der Waals surface area contributed by atoms with Gasteiger partial charge in [0.15, 0.2) is 0 Å². The molecule has 2 atom stereocenters. The standard InChI is InChI=1S/C6H8F4/c1-5(6(8,9)10)2-4(5)3-7/h4H,2-3H2,1H3. The molecule has 1 aliphatic rings. The molecule has 0 amide bonds. The normalized spacial score (nSPS) is 39.9. The van der Waals surface area contributed by atoms with Crippen LogP contribution in [0.1, 0.15) is 13.3 Å². The predicted molar refractivity (Wildman–Crippen MR) is 28.2 cm³/mol. The third kappa shape index (κ3) is 0.896. The first-order valence-corrected chi connectivity index (χ1v) is 3.04. The van der Waals surface area contributed by atoms with Gasteiger partial charge in [-0.2, -0.15) is 13.2 Å². The molecule has 0 bridgehead atoms. The minimum absolute atomic E-state index is 0.0486. The van der Waals surface area contributed by atoms with Crippen molar-refractivity contribution in [2.24, 2.45) is 11.3 Å². The molecule has 0 aromatic carbocycles. The molecule has 60 valence electrons. The number of rotatable bonds is 1. The van der Waals surface area contributed by atoms with Gasteiger partial charge in [0.2, 0.25) is 0 Å². The maximum atomic E-state index is 11.9. The van der Waals surface area contributed by atoms with Crippen molar-refractivity contribution in [1.29, 1.82) is 0 Å². The van der Waals surface area contributed by atoms with Gasteiger partial charge in [0.1, 0.15) is 0 Å². The molecule has 2 unspecified atom stereocenters. The average Bonchev–Trinajstić information content (AvgIpc) is 2.41. The smallest absolute Gasteiger partial charge is 0.251 e. The van der Waals surface area contributed by atoms with Crippen LogP contribution in [-0.2, 0) is 0 Å². The number of hydrogen-bond acceptors (Lipinski definition) is 0. The van der Waals surface area contributed by atoms with Crippen molar-refractivity contribution in [2.75, 3.05) is 6.67 Å². The Morgan fingerprint density at radius 3 is 2.10 bits per heavy atom. The highest BCUT2D eigenvalue weighted by atomic mass is 19.4. The highest BCUT2D eigenvalue weighted by Gasteiger charge is 2.66. The van der Waals surface area contributed by atoms with Crippen LogP contribution in [0.5, 0.6) is 0 Å². The lowest BCUT2D eigenvalue weighted by molar-refractivity contribution is -0.186. The fourth-order valence-electron chi connectivity index (χ4n) is 1.02. The second-order valence-electron chi connectivity index (χ2n) is 2.97. The summed E-state index contributed by atoms with van der Waals surface area (Å²) in [4.78, 5) is 0. The van der Waals surface area contributed by atoms with Gasteiger partial charge in [-0.1, -0.05) is 6.92 Å². The minimum atomic E-state index is -4.22. The molecule has 1 saturated carbocycles. The van der Waals surface area contributed by atoms with E-state index in [-0.39, 0.29) is 6.42 Å². The number of hydrogen-bond donors (Lipinski definition) is 0. The maximum absolute atomic E-state index is 11.9. The lowest BCUT2D eigenvalue weighted by Gasteiger charge is -2.14. The monoisotopic (exact) mass is 156 g/mol. The molecule has 0 N–H and O–H groups in total. The zero-order chi connectivity index (χ0) is 7.99. The third-order valence-corrected chi connectivity index (χ3v) is 2.25. The fraction of sp³-hybridized carbons (Fsp3) is 1.00. The maximum Gasteiger partial charge on any atom is 0.394 e. The molecular formula is C6H8F4. The van der Waals surface area contributed by atoms with Gasteiger partial charge in [0.25, 0.3) is 0 Å².